The van der Waals surface area contributed by atoms with E-state index in [0.29, 0.717) is 6.54 Å². The van der Waals surface area contributed by atoms with Gasteiger partial charge in [0, 0.05) is 30.8 Å². The number of piperidine rings is 1. The van der Waals surface area contributed by atoms with E-state index in [-0.39, 0.29) is 28.5 Å². The highest BCUT2D eigenvalue weighted by Gasteiger charge is 2.32. The van der Waals surface area contributed by atoms with Gasteiger partial charge < -0.3 is 10.6 Å². The maximum atomic E-state index is 13.7. The fourth-order valence-electron chi connectivity index (χ4n) is 2.83. The quantitative estimate of drug-likeness (QED) is 0.688. The Balaban J connectivity index is 2.53. The van der Waals surface area contributed by atoms with Crippen LogP contribution in [0.5, 0.6) is 0 Å². The molecular formula is C13H17ClFN3O2. The highest BCUT2D eigenvalue weighted by atomic mass is 35.5. The van der Waals surface area contributed by atoms with Crippen molar-refractivity contribution in [3.63, 3.8) is 0 Å². The zero-order valence-corrected chi connectivity index (χ0v) is 11.9. The first kappa shape index (κ1) is 15.0. The van der Waals surface area contributed by atoms with Gasteiger partial charge in [0.15, 0.2) is 0 Å². The smallest absolute Gasteiger partial charge is 0.294 e. The molecule has 0 bridgehead atoms. The van der Waals surface area contributed by atoms with E-state index >= 15 is 0 Å². The summed E-state index contributed by atoms with van der Waals surface area (Å²) in [5.41, 5.74) is 5.84. The third-order valence-electron chi connectivity index (χ3n) is 3.79. The summed E-state index contributed by atoms with van der Waals surface area (Å²) in [7, 11) is 0. The zero-order chi connectivity index (χ0) is 14.9. The third kappa shape index (κ3) is 2.71. The lowest BCUT2D eigenvalue weighted by Crippen LogP contribution is -2.49. The van der Waals surface area contributed by atoms with Crippen LogP contribution in [0.2, 0.25) is 5.02 Å². The molecule has 2 rings (SSSR count). The van der Waals surface area contributed by atoms with E-state index in [0.717, 1.165) is 31.4 Å². The molecule has 0 aromatic heterocycles. The van der Waals surface area contributed by atoms with Crippen LogP contribution >= 0.6 is 11.6 Å². The molecule has 0 amide bonds. The molecule has 1 aliphatic heterocycles. The Morgan fingerprint density at radius 3 is 2.85 bits per heavy atom. The monoisotopic (exact) mass is 301 g/mol. The van der Waals surface area contributed by atoms with Gasteiger partial charge in [-0.2, -0.15) is 0 Å². The minimum atomic E-state index is -0.652. The van der Waals surface area contributed by atoms with Gasteiger partial charge in [-0.3, -0.25) is 10.1 Å². The van der Waals surface area contributed by atoms with E-state index in [9.17, 15) is 14.5 Å². The Hall–Kier alpha value is -1.40. The predicted molar refractivity (Wildman–Crippen MR) is 76.7 cm³/mol. The summed E-state index contributed by atoms with van der Waals surface area (Å²) in [6.45, 7) is 2.35. The Morgan fingerprint density at radius 1 is 1.55 bits per heavy atom. The van der Waals surface area contributed by atoms with Gasteiger partial charge in [-0.05, 0) is 26.2 Å². The number of anilines is 1. The van der Waals surface area contributed by atoms with Crippen LogP contribution in [0.1, 0.15) is 26.2 Å². The van der Waals surface area contributed by atoms with Crippen molar-refractivity contribution in [3.8, 4) is 0 Å². The highest BCUT2D eigenvalue weighted by molar-refractivity contribution is 6.31. The number of nitrogens with zero attached hydrogens (tertiary/aromatic N) is 2. The standard InChI is InChI=1S/C13H17ClFN3O2/c1-8-3-2-4-9(7-16)17(8)12-6-11(15)10(14)5-13(12)18(19)20/h5-6,8-9H,2-4,7,16H2,1H3. The number of hydrogen-bond acceptors (Lipinski definition) is 4. The predicted octanol–water partition coefficient (Wildman–Crippen LogP) is 3.09. The normalized spacial score (nSPS) is 22.9. The van der Waals surface area contributed by atoms with Crippen LogP contribution in [0.25, 0.3) is 0 Å². The summed E-state index contributed by atoms with van der Waals surface area (Å²) >= 11 is 5.65. The molecule has 110 valence electrons. The highest BCUT2D eigenvalue weighted by Crippen LogP contribution is 2.38. The van der Waals surface area contributed by atoms with Gasteiger partial charge in [0.05, 0.1) is 9.95 Å². The molecule has 0 saturated carbocycles. The van der Waals surface area contributed by atoms with Gasteiger partial charge in [0.1, 0.15) is 11.5 Å². The van der Waals surface area contributed by atoms with Crippen molar-refractivity contribution in [1.82, 2.24) is 0 Å². The Bertz CT molecular complexity index is 527. The van der Waals surface area contributed by atoms with Gasteiger partial charge in [0.2, 0.25) is 0 Å². The fraction of sp³-hybridized carbons (Fsp3) is 0.538. The molecule has 1 heterocycles. The number of rotatable bonds is 3. The molecule has 2 unspecified atom stereocenters. The molecule has 0 radical (unpaired) electrons. The first-order chi connectivity index (χ1) is 9.45. The molecule has 1 aromatic carbocycles. The van der Waals surface area contributed by atoms with Gasteiger partial charge in [0.25, 0.3) is 5.69 Å². The van der Waals surface area contributed by atoms with Crippen LogP contribution in [0.4, 0.5) is 15.8 Å². The second-order valence-electron chi connectivity index (χ2n) is 5.09. The van der Waals surface area contributed by atoms with Crippen LogP contribution in [0, 0.1) is 15.9 Å². The van der Waals surface area contributed by atoms with Crippen molar-refractivity contribution >= 4 is 23.0 Å². The molecule has 1 aliphatic rings. The van der Waals surface area contributed by atoms with Crippen molar-refractivity contribution in [1.29, 1.82) is 0 Å². The SMILES string of the molecule is CC1CCCC(CN)N1c1cc(F)c(Cl)cc1[N+](=O)[O-]. The van der Waals surface area contributed by atoms with E-state index < -0.39 is 10.7 Å². The van der Waals surface area contributed by atoms with Crippen LogP contribution in [-0.2, 0) is 0 Å². The van der Waals surface area contributed by atoms with Crippen molar-refractivity contribution in [2.45, 2.75) is 38.3 Å². The van der Waals surface area contributed by atoms with Gasteiger partial charge >= 0.3 is 0 Å². The molecular weight excluding hydrogens is 285 g/mol. The van der Waals surface area contributed by atoms with Crippen molar-refractivity contribution in [2.24, 2.45) is 5.73 Å². The molecule has 1 aromatic rings. The molecule has 1 saturated heterocycles. The minimum absolute atomic E-state index is 0.0157. The van der Waals surface area contributed by atoms with Crippen LogP contribution in [-0.4, -0.2) is 23.6 Å². The lowest BCUT2D eigenvalue weighted by Gasteiger charge is -2.41. The number of nitro groups is 1. The molecule has 0 spiro atoms. The molecule has 7 heteroatoms. The number of nitrogens with two attached hydrogens (primary N) is 1. The molecule has 2 N–H and O–H groups in total. The summed E-state index contributed by atoms with van der Waals surface area (Å²) in [5, 5.41) is 11.0. The van der Waals surface area contributed by atoms with Crippen molar-refractivity contribution < 1.29 is 9.31 Å². The topological polar surface area (TPSA) is 72.4 Å². The number of nitro benzene ring substituents is 1. The first-order valence-corrected chi connectivity index (χ1v) is 6.95. The van der Waals surface area contributed by atoms with E-state index in [1.165, 1.54) is 0 Å². The maximum absolute atomic E-state index is 13.7. The van der Waals surface area contributed by atoms with Gasteiger partial charge in [-0.15, -0.1) is 0 Å². The largest absolute Gasteiger partial charge is 0.359 e. The summed E-state index contributed by atoms with van der Waals surface area (Å²) < 4.78 is 13.7. The Kier molecular flexibility index (Phi) is 4.45. The number of hydrogen-bond donors (Lipinski definition) is 1. The van der Waals surface area contributed by atoms with Crippen LogP contribution in [0.3, 0.4) is 0 Å². The average Bonchev–Trinajstić information content (AvgIpc) is 2.41. The third-order valence-corrected chi connectivity index (χ3v) is 4.08. The molecule has 2 atom stereocenters. The summed E-state index contributed by atoms with van der Waals surface area (Å²) in [6.07, 6.45) is 2.77. The molecule has 20 heavy (non-hydrogen) atoms. The van der Waals surface area contributed by atoms with Gasteiger partial charge in [-0.25, -0.2) is 4.39 Å². The fourth-order valence-corrected chi connectivity index (χ4v) is 2.99. The summed E-state index contributed by atoms with van der Waals surface area (Å²) in [5.74, 6) is -0.652. The average molecular weight is 302 g/mol. The maximum Gasteiger partial charge on any atom is 0.294 e. The Morgan fingerprint density at radius 2 is 2.25 bits per heavy atom. The van der Waals surface area contributed by atoms with Crippen LogP contribution < -0.4 is 10.6 Å². The number of halogens is 2. The second kappa shape index (κ2) is 5.93. The minimum Gasteiger partial charge on any atom is -0.359 e. The van der Waals surface area contributed by atoms with E-state index in [1.54, 1.807) is 0 Å². The first-order valence-electron chi connectivity index (χ1n) is 6.57. The second-order valence-corrected chi connectivity index (χ2v) is 5.50. The lowest BCUT2D eigenvalue weighted by atomic mass is 9.95. The molecule has 5 nitrogen and oxygen atoms in total. The summed E-state index contributed by atoms with van der Waals surface area (Å²) in [6, 6.07) is 2.28. The van der Waals surface area contributed by atoms with E-state index in [4.69, 9.17) is 17.3 Å². The molecule has 1 fully saturated rings. The van der Waals surface area contributed by atoms with E-state index in [1.807, 2.05) is 11.8 Å². The Labute approximate surface area is 121 Å². The van der Waals surface area contributed by atoms with E-state index in [2.05, 4.69) is 0 Å². The summed E-state index contributed by atoms with van der Waals surface area (Å²) in [4.78, 5) is 12.5. The van der Waals surface area contributed by atoms with Crippen LogP contribution in [0.15, 0.2) is 12.1 Å². The molecule has 0 aliphatic carbocycles. The van der Waals surface area contributed by atoms with Crippen molar-refractivity contribution in [2.75, 3.05) is 11.4 Å². The van der Waals surface area contributed by atoms with Crippen molar-refractivity contribution in [3.05, 3.63) is 33.1 Å². The van der Waals surface area contributed by atoms with Gasteiger partial charge in [-0.1, -0.05) is 11.6 Å². The lowest BCUT2D eigenvalue weighted by molar-refractivity contribution is -0.384. The zero-order valence-electron chi connectivity index (χ0n) is 11.2. The number of benzene rings is 1.